The largest absolute Gasteiger partial charge is 0.381 e. The molecule has 6 heteroatoms. The Kier molecular flexibility index (Phi) is 4.05. The molecule has 0 amide bonds. The minimum absolute atomic E-state index is 0.101. The van der Waals surface area contributed by atoms with Gasteiger partial charge in [-0.05, 0) is 30.7 Å². The number of benzene rings is 1. The number of hydrogen-bond donors (Lipinski definition) is 1. The molecule has 1 aromatic carbocycles. The van der Waals surface area contributed by atoms with Crippen LogP contribution in [0.3, 0.4) is 0 Å². The number of anilines is 1. The molecule has 94 valence electrons. The zero-order chi connectivity index (χ0) is 13.0. The second-order valence-corrected chi connectivity index (χ2v) is 5.31. The molecule has 0 radical (unpaired) electrons. The third-order valence-corrected chi connectivity index (χ3v) is 4.06. The van der Waals surface area contributed by atoms with Gasteiger partial charge in [0.2, 0.25) is 0 Å². The van der Waals surface area contributed by atoms with Crippen molar-refractivity contribution in [2.24, 2.45) is 0 Å². The van der Waals surface area contributed by atoms with Crippen molar-refractivity contribution < 1.29 is 4.92 Å². The van der Waals surface area contributed by atoms with Crippen molar-refractivity contribution in [3.63, 3.8) is 0 Å². The van der Waals surface area contributed by atoms with Crippen LogP contribution in [0.4, 0.5) is 11.4 Å². The molecule has 1 atom stereocenters. The molecule has 18 heavy (non-hydrogen) atoms. The standard InChI is InChI=1S/C12H13N3O2S/c13-7-9-3-4-10(6-12(9)15(16)17)14-11-2-1-5-18-8-11/h3-4,6,11,14H,1-2,5,8H2. The van der Waals surface area contributed by atoms with Gasteiger partial charge in [-0.25, -0.2) is 0 Å². The number of nitriles is 1. The lowest BCUT2D eigenvalue weighted by Crippen LogP contribution is -2.25. The van der Waals surface area contributed by atoms with E-state index in [1.54, 1.807) is 6.07 Å². The number of nitrogens with one attached hydrogen (secondary N) is 1. The van der Waals surface area contributed by atoms with Gasteiger partial charge in [-0.2, -0.15) is 17.0 Å². The summed E-state index contributed by atoms with van der Waals surface area (Å²) in [5.41, 5.74) is 0.683. The van der Waals surface area contributed by atoms with Crippen LogP contribution in [-0.2, 0) is 0 Å². The molecule has 1 unspecified atom stereocenters. The van der Waals surface area contributed by atoms with Gasteiger partial charge in [0.25, 0.3) is 5.69 Å². The van der Waals surface area contributed by atoms with Gasteiger partial charge >= 0.3 is 0 Å². The van der Waals surface area contributed by atoms with E-state index in [0.717, 1.165) is 12.2 Å². The smallest absolute Gasteiger partial charge is 0.289 e. The van der Waals surface area contributed by atoms with E-state index in [1.165, 1.54) is 24.3 Å². The molecule has 0 saturated carbocycles. The summed E-state index contributed by atoms with van der Waals surface area (Å²) in [7, 11) is 0. The van der Waals surface area contributed by atoms with Crippen LogP contribution in [0.2, 0.25) is 0 Å². The van der Waals surface area contributed by atoms with Gasteiger partial charge in [0.15, 0.2) is 0 Å². The zero-order valence-corrected chi connectivity index (χ0v) is 10.6. The van der Waals surface area contributed by atoms with Crippen molar-refractivity contribution >= 4 is 23.1 Å². The van der Waals surface area contributed by atoms with E-state index < -0.39 is 4.92 Å². The van der Waals surface area contributed by atoms with E-state index in [0.29, 0.717) is 11.7 Å². The Morgan fingerprint density at radius 2 is 2.39 bits per heavy atom. The number of nitrogens with zero attached hydrogens (tertiary/aromatic N) is 2. The summed E-state index contributed by atoms with van der Waals surface area (Å²) in [5, 5.41) is 22.9. The number of rotatable bonds is 3. The molecule has 0 aromatic heterocycles. The molecule has 0 spiro atoms. The van der Waals surface area contributed by atoms with Crippen LogP contribution in [0, 0.1) is 21.4 Å². The van der Waals surface area contributed by atoms with Gasteiger partial charge < -0.3 is 5.32 Å². The first-order chi connectivity index (χ1) is 8.70. The van der Waals surface area contributed by atoms with Crippen LogP contribution < -0.4 is 5.32 Å². The Hall–Kier alpha value is -1.74. The van der Waals surface area contributed by atoms with Crippen molar-refractivity contribution in [2.45, 2.75) is 18.9 Å². The summed E-state index contributed by atoms with van der Waals surface area (Å²) in [6.45, 7) is 0. The van der Waals surface area contributed by atoms with Gasteiger partial charge in [0, 0.05) is 23.5 Å². The Balaban J connectivity index is 2.16. The first-order valence-electron chi connectivity index (χ1n) is 5.73. The highest BCUT2D eigenvalue weighted by Gasteiger charge is 2.17. The Morgan fingerprint density at radius 1 is 1.56 bits per heavy atom. The third-order valence-electron chi connectivity index (χ3n) is 2.85. The quantitative estimate of drug-likeness (QED) is 0.670. The van der Waals surface area contributed by atoms with Crippen molar-refractivity contribution in [1.29, 1.82) is 5.26 Å². The van der Waals surface area contributed by atoms with Crippen LogP contribution >= 0.6 is 11.8 Å². The summed E-state index contributed by atoms with van der Waals surface area (Å²) in [5.74, 6) is 2.21. The monoisotopic (exact) mass is 263 g/mol. The lowest BCUT2D eigenvalue weighted by atomic mass is 10.1. The fraction of sp³-hybridized carbons (Fsp3) is 0.417. The second kappa shape index (κ2) is 5.74. The van der Waals surface area contributed by atoms with Gasteiger partial charge in [-0.3, -0.25) is 10.1 Å². The van der Waals surface area contributed by atoms with Crippen LogP contribution in [0.25, 0.3) is 0 Å². The maximum absolute atomic E-state index is 10.8. The summed E-state index contributed by atoms with van der Waals surface area (Å²) in [6.07, 6.45) is 2.25. The number of nitro groups is 1. The molecule has 1 N–H and O–H groups in total. The SMILES string of the molecule is N#Cc1ccc(NC2CCCSC2)cc1[N+](=O)[O-]. The lowest BCUT2D eigenvalue weighted by Gasteiger charge is -2.23. The highest BCUT2D eigenvalue weighted by atomic mass is 32.2. The second-order valence-electron chi connectivity index (χ2n) is 4.16. The molecule has 1 saturated heterocycles. The van der Waals surface area contributed by atoms with E-state index in [-0.39, 0.29) is 11.3 Å². The average molecular weight is 263 g/mol. The molecular weight excluding hydrogens is 250 g/mol. The van der Waals surface area contributed by atoms with Crippen LogP contribution in [-0.4, -0.2) is 22.5 Å². The lowest BCUT2D eigenvalue weighted by molar-refractivity contribution is -0.385. The van der Waals surface area contributed by atoms with Crippen molar-refractivity contribution in [2.75, 3.05) is 16.8 Å². The summed E-state index contributed by atoms with van der Waals surface area (Å²) in [4.78, 5) is 10.3. The van der Waals surface area contributed by atoms with Crippen molar-refractivity contribution in [3.05, 3.63) is 33.9 Å². The van der Waals surface area contributed by atoms with Crippen LogP contribution in [0.1, 0.15) is 18.4 Å². The molecular formula is C12H13N3O2S. The maximum Gasteiger partial charge on any atom is 0.289 e. The minimum atomic E-state index is -0.515. The molecule has 1 fully saturated rings. The third kappa shape index (κ3) is 2.93. The first-order valence-corrected chi connectivity index (χ1v) is 6.89. The van der Waals surface area contributed by atoms with E-state index in [4.69, 9.17) is 5.26 Å². The van der Waals surface area contributed by atoms with Crippen LogP contribution in [0.5, 0.6) is 0 Å². The van der Waals surface area contributed by atoms with E-state index in [1.807, 2.05) is 17.8 Å². The Bertz CT molecular complexity index is 493. The molecule has 0 aliphatic carbocycles. The van der Waals surface area contributed by atoms with Crippen molar-refractivity contribution in [1.82, 2.24) is 0 Å². The first kappa shape index (κ1) is 12.7. The molecule has 5 nitrogen and oxygen atoms in total. The van der Waals surface area contributed by atoms with Gasteiger partial charge in [-0.1, -0.05) is 0 Å². The molecule has 2 rings (SSSR count). The predicted molar refractivity (Wildman–Crippen MR) is 71.8 cm³/mol. The van der Waals surface area contributed by atoms with E-state index in [2.05, 4.69) is 5.32 Å². The molecule has 1 aliphatic heterocycles. The molecule has 1 heterocycles. The average Bonchev–Trinajstić information content (AvgIpc) is 2.40. The van der Waals surface area contributed by atoms with E-state index >= 15 is 0 Å². The highest BCUT2D eigenvalue weighted by molar-refractivity contribution is 7.99. The number of hydrogen-bond acceptors (Lipinski definition) is 5. The summed E-state index contributed by atoms with van der Waals surface area (Å²) < 4.78 is 0. The number of thioether (sulfide) groups is 1. The minimum Gasteiger partial charge on any atom is -0.381 e. The Labute approximate surface area is 109 Å². The summed E-state index contributed by atoms with van der Waals surface area (Å²) >= 11 is 1.89. The molecule has 0 bridgehead atoms. The highest BCUT2D eigenvalue weighted by Crippen LogP contribution is 2.25. The predicted octanol–water partition coefficient (Wildman–Crippen LogP) is 2.77. The fourth-order valence-electron chi connectivity index (χ4n) is 1.96. The van der Waals surface area contributed by atoms with Gasteiger partial charge in [0.1, 0.15) is 11.6 Å². The fourth-order valence-corrected chi connectivity index (χ4v) is 3.03. The maximum atomic E-state index is 10.8. The topological polar surface area (TPSA) is 79.0 Å². The van der Waals surface area contributed by atoms with Gasteiger partial charge in [0.05, 0.1) is 4.92 Å². The summed E-state index contributed by atoms with van der Waals surface area (Å²) in [6, 6.07) is 6.86. The molecule has 1 aromatic rings. The van der Waals surface area contributed by atoms with Gasteiger partial charge in [-0.15, -0.1) is 0 Å². The zero-order valence-electron chi connectivity index (χ0n) is 9.76. The normalized spacial score (nSPS) is 18.9. The van der Waals surface area contributed by atoms with Crippen LogP contribution in [0.15, 0.2) is 18.2 Å². The van der Waals surface area contributed by atoms with Crippen molar-refractivity contribution in [3.8, 4) is 6.07 Å². The Morgan fingerprint density at radius 3 is 3.00 bits per heavy atom. The van der Waals surface area contributed by atoms with E-state index in [9.17, 15) is 10.1 Å². The number of nitro benzene ring substituents is 1. The molecule has 1 aliphatic rings.